The van der Waals surface area contributed by atoms with Gasteiger partial charge >= 0.3 is 0 Å². The molecule has 1 aliphatic carbocycles. The Labute approximate surface area is 92.8 Å². The summed E-state index contributed by atoms with van der Waals surface area (Å²) in [6, 6.07) is 0.483. The highest BCUT2D eigenvalue weighted by atomic mass is 79.9. The second kappa shape index (κ2) is 3.57. The molecule has 0 amide bonds. The Morgan fingerprint density at radius 2 is 2.43 bits per heavy atom. The molecule has 3 atom stereocenters. The molecule has 1 heterocycles. The quantitative estimate of drug-likeness (QED) is 0.905. The highest BCUT2D eigenvalue weighted by Gasteiger charge is 2.40. The van der Waals surface area contributed by atoms with E-state index in [1.165, 1.54) is 6.42 Å². The molecule has 78 valence electrons. The second-order valence-corrected chi connectivity index (χ2v) is 5.03. The zero-order chi connectivity index (χ0) is 10.3. The van der Waals surface area contributed by atoms with Crippen LogP contribution in [0.3, 0.4) is 0 Å². The van der Waals surface area contributed by atoms with Gasteiger partial charge in [-0.3, -0.25) is 0 Å². The van der Waals surface area contributed by atoms with Crippen LogP contribution in [-0.4, -0.2) is 9.78 Å². The summed E-state index contributed by atoms with van der Waals surface area (Å²) in [6.45, 7) is 4.49. The van der Waals surface area contributed by atoms with E-state index in [0.717, 1.165) is 28.5 Å². The number of rotatable bonds is 3. The lowest BCUT2D eigenvalue weighted by molar-refractivity contribution is 0.384. The SMILES string of the molecule is CCC(C1CC1C)n1ncc(Br)c1N. The number of nitrogen functional groups attached to an aromatic ring is 1. The Kier molecular flexibility index (Phi) is 2.56. The first-order chi connectivity index (χ1) is 6.65. The van der Waals surface area contributed by atoms with Gasteiger partial charge in [-0.1, -0.05) is 13.8 Å². The maximum atomic E-state index is 5.94. The minimum atomic E-state index is 0.483. The van der Waals surface area contributed by atoms with Crippen molar-refractivity contribution in [2.45, 2.75) is 32.7 Å². The van der Waals surface area contributed by atoms with E-state index in [0.29, 0.717) is 6.04 Å². The van der Waals surface area contributed by atoms with Crippen molar-refractivity contribution in [3.05, 3.63) is 10.7 Å². The molecule has 0 aromatic carbocycles. The summed E-state index contributed by atoms with van der Waals surface area (Å²) in [5.74, 6) is 2.37. The lowest BCUT2D eigenvalue weighted by atomic mass is 10.1. The monoisotopic (exact) mass is 257 g/mol. The molecule has 0 aliphatic heterocycles. The Morgan fingerprint density at radius 1 is 1.79 bits per heavy atom. The second-order valence-electron chi connectivity index (χ2n) is 4.17. The van der Waals surface area contributed by atoms with Gasteiger partial charge in [-0.25, -0.2) is 4.68 Å². The molecule has 1 fully saturated rings. The fraction of sp³-hybridized carbons (Fsp3) is 0.700. The summed E-state index contributed by atoms with van der Waals surface area (Å²) in [7, 11) is 0. The molecule has 3 nitrogen and oxygen atoms in total. The number of aromatic nitrogens is 2. The lowest BCUT2D eigenvalue weighted by Gasteiger charge is -2.16. The summed E-state index contributed by atoms with van der Waals surface area (Å²) < 4.78 is 2.88. The van der Waals surface area contributed by atoms with E-state index in [9.17, 15) is 0 Å². The average molecular weight is 258 g/mol. The molecule has 2 N–H and O–H groups in total. The van der Waals surface area contributed by atoms with Crippen LogP contribution in [0.1, 0.15) is 32.7 Å². The molecule has 14 heavy (non-hydrogen) atoms. The van der Waals surface area contributed by atoms with Crippen LogP contribution in [0, 0.1) is 11.8 Å². The van der Waals surface area contributed by atoms with E-state index in [1.54, 1.807) is 6.20 Å². The fourth-order valence-corrected chi connectivity index (χ4v) is 2.43. The van der Waals surface area contributed by atoms with Crippen molar-refractivity contribution in [2.24, 2.45) is 11.8 Å². The van der Waals surface area contributed by atoms with Gasteiger partial charge in [-0.05, 0) is 40.6 Å². The molecular weight excluding hydrogens is 242 g/mol. The van der Waals surface area contributed by atoms with Gasteiger partial charge in [0.25, 0.3) is 0 Å². The van der Waals surface area contributed by atoms with Crippen molar-refractivity contribution in [2.75, 3.05) is 5.73 Å². The smallest absolute Gasteiger partial charge is 0.136 e. The third-order valence-corrected chi connectivity index (χ3v) is 3.80. The van der Waals surface area contributed by atoms with Gasteiger partial charge in [-0.15, -0.1) is 0 Å². The van der Waals surface area contributed by atoms with Crippen LogP contribution in [0.15, 0.2) is 10.7 Å². The normalized spacial score (nSPS) is 27.6. The highest BCUT2D eigenvalue weighted by Crippen LogP contribution is 2.48. The Bertz CT molecular complexity index is 334. The average Bonchev–Trinajstić information content (AvgIpc) is 2.79. The minimum absolute atomic E-state index is 0.483. The Hall–Kier alpha value is -0.510. The number of hydrogen-bond donors (Lipinski definition) is 1. The predicted molar refractivity (Wildman–Crippen MR) is 60.9 cm³/mol. The van der Waals surface area contributed by atoms with Crippen LogP contribution in [0.25, 0.3) is 0 Å². The minimum Gasteiger partial charge on any atom is -0.383 e. The van der Waals surface area contributed by atoms with Crippen molar-refractivity contribution < 1.29 is 0 Å². The van der Waals surface area contributed by atoms with E-state index >= 15 is 0 Å². The maximum Gasteiger partial charge on any atom is 0.136 e. The number of hydrogen-bond acceptors (Lipinski definition) is 2. The van der Waals surface area contributed by atoms with Crippen LogP contribution in [0.2, 0.25) is 0 Å². The fourth-order valence-electron chi connectivity index (χ4n) is 2.16. The summed E-state index contributed by atoms with van der Waals surface area (Å²) in [5, 5.41) is 4.33. The molecule has 2 rings (SSSR count). The van der Waals surface area contributed by atoms with E-state index < -0.39 is 0 Å². The summed E-state index contributed by atoms with van der Waals surface area (Å²) >= 11 is 3.39. The van der Waals surface area contributed by atoms with Gasteiger partial charge in [0.15, 0.2) is 0 Å². The Morgan fingerprint density at radius 3 is 2.79 bits per heavy atom. The summed E-state index contributed by atoms with van der Waals surface area (Å²) in [4.78, 5) is 0. The van der Waals surface area contributed by atoms with Crippen LogP contribution in [0.5, 0.6) is 0 Å². The Balaban J connectivity index is 2.23. The summed E-state index contributed by atoms with van der Waals surface area (Å²) in [5.41, 5.74) is 5.94. The van der Waals surface area contributed by atoms with Gasteiger partial charge in [0.05, 0.1) is 16.7 Å². The first kappa shape index (κ1) is 10.0. The third kappa shape index (κ3) is 1.56. The number of nitrogens with two attached hydrogens (primary N) is 1. The molecule has 0 saturated heterocycles. The predicted octanol–water partition coefficient (Wildman–Crippen LogP) is 2.83. The molecule has 0 bridgehead atoms. The van der Waals surface area contributed by atoms with Gasteiger partial charge in [-0.2, -0.15) is 5.10 Å². The molecule has 1 aromatic rings. The van der Waals surface area contributed by atoms with Gasteiger partial charge in [0, 0.05) is 0 Å². The lowest BCUT2D eigenvalue weighted by Crippen LogP contribution is -2.15. The van der Waals surface area contributed by atoms with Crippen molar-refractivity contribution >= 4 is 21.7 Å². The topological polar surface area (TPSA) is 43.8 Å². The first-order valence-corrected chi connectivity index (χ1v) is 5.93. The first-order valence-electron chi connectivity index (χ1n) is 5.13. The molecule has 4 heteroatoms. The van der Waals surface area contributed by atoms with Gasteiger partial charge < -0.3 is 5.73 Å². The number of nitrogens with zero attached hydrogens (tertiary/aromatic N) is 2. The molecular formula is C10H16BrN3. The molecule has 1 aliphatic rings. The zero-order valence-electron chi connectivity index (χ0n) is 8.57. The number of anilines is 1. The van der Waals surface area contributed by atoms with Gasteiger partial charge in [0.2, 0.25) is 0 Å². The van der Waals surface area contributed by atoms with Crippen LogP contribution in [0.4, 0.5) is 5.82 Å². The molecule has 0 radical (unpaired) electrons. The largest absolute Gasteiger partial charge is 0.383 e. The van der Waals surface area contributed by atoms with E-state index in [4.69, 9.17) is 5.73 Å². The molecule has 0 spiro atoms. The number of halogens is 1. The molecule has 1 aromatic heterocycles. The van der Waals surface area contributed by atoms with Crippen molar-refractivity contribution in [1.29, 1.82) is 0 Å². The van der Waals surface area contributed by atoms with E-state index in [2.05, 4.69) is 34.9 Å². The van der Waals surface area contributed by atoms with Crippen LogP contribution in [-0.2, 0) is 0 Å². The maximum absolute atomic E-state index is 5.94. The standard InChI is InChI=1S/C10H16BrN3/c1-3-9(7-4-6(7)2)14-10(12)8(11)5-13-14/h5-7,9H,3-4,12H2,1-2H3. The van der Waals surface area contributed by atoms with Gasteiger partial charge in [0.1, 0.15) is 5.82 Å². The van der Waals surface area contributed by atoms with Crippen LogP contribution < -0.4 is 5.73 Å². The van der Waals surface area contributed by atoms with Crippen molar-refractivity contribution in [1.82, 2.24) is 9.78 Å². The van der Waals surface area contributed by atoms with E-state index in [1.807, 2.05) is 4.68 Å². The zero-order valence-corrected chi connectivity index (χ0v) is 10.2. The van der Waals surface area contributed by atoms with Crippen LogP contribution >= 0.6 is 15.9 Å². The molecule has 3 unspecified atom stereocenters. The van der Waals surface area contributed by atoms with Crippen molar-refractivity contribution in [3.63, 3.8) is 0 Å². The van der Waals surface area contributed by atoms with Crippen molar-refractivity contribution in [3.8, 4) is 0 Å². The molecule has 1 saturated carbocycles. The highest BCUT2D eigenvalue weighted by molar-refractivity contribution is 9.10. The summed E-state index contributed by atoms with van der Waals surface area (Å²) in [6.07, 6.45) is 4.20. The third-order valence-electron chi connectivity index (χ3n) is 3.19. The van der Waals surface area contributed by atoms with E-state index in [-0.39, 0.29) is 0 Å².